The maximum absolute atomic E-state index is 12.4. The molecule has 1 saturated heterocycles. The van der Waals surface area contributed by atoms with Crippen molar-refractivity contribution in [2.75, 3.05) is 19.0 Å². The first kappa shape index (κ1) is 20.5. The molecule has 1 unspecified atom stereocenters. The average molecular weight is 413 g/mol. The number of carbonyl (C=O) groups excluding carboxylic acids is 4. The van der Waals surface area contributed by atoms with E-state index in [0.29, 0.717) is 5.69 Å². The number of aryl methyl sites for hydroxylation is 1. The third-order valence-electron chi connectivity index (χ3n) is 4.25. The van der Waals surface area contributed by atoms with Crippen LogP contribution in [0, 0.1) is 6.92 Å². The minimum atomic E-state index is -0.732. The maximum Gasteiger partial charge on any atom is 0.341 e. The van der Waals surface area contributed by atoms with Crippen LogP contribution in [0.25, 0.3) is 0 Å². The van der Waals surface area contributed by atoms with E-state index in [-0.39, 0.29) is 28.8 Å². The van der Waals surface area contributed by atoms with Crippen LogP contribution in [0.15, 0.2) is 47.6 Å². The van der Waals surface area contributed by atoms with Crippen molar-refractivity contribution in [3.8, 4) is 0 Å². The summed E-state index contributed by atoms with van der Waals surface area (Å²) in [5.74, 6) is -1.81. The Hall–Kier alpha value is -3.20. The number of esters is 1. The van der Waals surface area contributed by atoms with Gasteiger partial charge in [-0.2, -0.15) is 0 Å². The summed E-state index contributed by atoms with van der Waals surface area (Å²) >= 11 is 1.04. The summed E-state index contributed by atoms with van der Waals surface area (Å²) in [5.41, 5.74) is 1.79. The molecule has 1 N–H and O–H groups in total. The van der Waals surface area contributed by atoms with Crippen molar-refractivity contribution in [3.63, 3.8) is 0 Å². The van der Waals surface area contributed by atoms with Gasteiger partial charge in [0.15, 0.2) is 6.61 Å². The van der Waals surface area contributed by atoms with Gasteiger partial charge in [-0.3, -0.25) is 19.3 Å². The van der Waals surface area contributed by atoms with E-state index in [1.165, 1.54) is 19.3 Å². The van der Waals surface area contributed by atoms with Gasteiger partial charge in [0.25, 0.3) is 5.91 Å². The molecular formula is C20H19N3O5S. The number of ether oxygens (including phenoxy) is 1. The van der Waals surface area contributed by atoms with Crippen LogP contribution in [0.3, 0.4) is 0 Å². The van der Waals surface area contributed by atoms with Gasteiger partial charge in [0.05, 0.1) is 10.8 Å². The maximum atomic E-state index is 12.4. The Bertz CT molecular complexity index is 961. The van der Waals surface area contributed by atoms with E-state index >= 15 is 0 Å². The Morgan fingerprint density at radius 2 is 1.97 bits per heavy atom. The van der Waals surface area contributed by atoms with Crippen molar-refractivity contribution in [2.24, 2.45) is 0 Å². The molecule has 1 aliphatic rings. The number of rotatable bonds is 6. The zero-order valence-electron chi connectivity index (χ0n) is 15.9. The predicted molar refractivity (Wildman–Crippen MR) is 106 cm³/mol. The van der Waals surface area contributed by atoms with Gasteiger partial charge in [0, 0.05) is 25.4 Å². The molecule has 1 fully saturated rings. The van der Waals surface area contributed by atoms with Crippen LogP contribution in [-0.4, -0.2) is 52.5 Å². The minimum absolute atomic E-state index is 0.0457. The van der Waals surface area contributed by atoms with E-state index in [1.54, 1.807) is 18.2 Å². The van der Waals surface area contributed by atoms with E-state index in [4.69, 9.17) is 4.74 Å². The Labute approximate surface area is 171 Å². The smallest absolute Gasteiger partial charge is 0.341 e. The number of likely N-dealkylation sites (tertiary alicyclic amines) is 1. The van der Waals surface area contributed by atoms with Crippen molar-refractivity contribution in [3.05, 3.63) is 53.7 Å². The molecular weight excluding hydrogens is 394 g/mol. The first-order chi connectivity index (χ1) is 13.8. The van der Waals surface area contributed by atoms with Crippen molar-refractivity contribution < 1.29 is 23.9 Å². The Balaban J connectivity index is 1.61. The number of carbonyl (C=O) groups is 4. The van der Waals surface area contributed by atoms with E-state index < -0.39 is 23.7 Å². The number of imide groups is 1. The summed E-state index contributed by atoms with van der Waals surface area (Å²) in [6.45, 7) is 1.47. The van der Waals surface area contributed by atoms with Gasteiger partial charge in [0.2, 0.25) is 11.8 Å². The van der Waals surface area contributed by atoms with E-state index in [0.717, 1.165) is 22.2 Å². The molecule has 1 atom stereocenters. The van der Waals surface area contributed by atoms with Gasteiger partial charge >= 0.3 is 5.97 Å². The molecule has 1 aliphatic heterocycles. The van der Waals surface area contributed by atoms with Crippen LogP contribution in [0.2, 0.25) is 0 Å². The quantitative estimate of drug-likeness (QED) is 0.571. The molecule has 0 spiro atoms. The third-order valence-corrected chi connectivity index (χ3v) is 5.46. The molecule has 0 aliphatic carbocycles. The van der Waals surface area contributed by atoms with Crippen molar-refractivity contribution in [1.29, 1.82) is 0 Å². The number of pyridine rings is 1. The number of amides is 3. The van der Waals surface area contributed by atoms with Crippen molar-refractivity contribution in [1.82, 2.24) is 9.88 Å². The second kappa shape index (κ2) is 8.87. The molecule has 0 radical (unpaired) electrons. The number of hydrogen-bond donors (Lipinski definition) is 1. The van der Waals surface area contributed by atoms with E-state index in [2.05, 4.69) is 10.3 Å². The van der Waals surface area contributed by atoms with Crippen LogP contribution in [0.1, 0.15) is 22.3 Å². The molecule has 2 heterocycles. The molecule has 1 aromatic carbocycles. The van der Waals surface area contributed by atoms with E-state index in [1.807, 2.05) is 19.1 Å². The average Bonchev–Trinajstić information content (AvgIpc) is 2.95. The number of aromatic nitrogens is 1. The zero-order chi connectivity index (χ0) is 21.0. The monoisotopic (exact) mass is 413 g/mol. The van der Waals surface area contributed by atoms with Crippen LogP contribution in [0.5, 0.6) is 0 Å². The minimum Gasteiger partial charge on any atom is -0.452 e. The molecule has 29 heavy (non-hydrogen) atoms. The number of benzene rings is 1. The lowest BCUT2D eigenvalue weighted by atomic mass is 10.2. The SMILES string of the molecule is Cc1ccc(NC(=O)COC(=O)c2cccnc2SC2CC(=O)N(C)C2=O)cc1. The third kappa shape index (κ3) is 5.00. The highest BCUT2D eigenvalue weighted by Crippen LogP contribution is 2.31. The summed E-state index contributed by atoms with van der Waals surface area (Å²) in [4.78, 5) is 53.4. The fraction of sp³-hybridized carbons (Fsp3) is 0.250. The van der Waals surface area contributed by atoms with Gasteiger partial charge < -0.3 is 10.1 Å². The Morgan fingerprint density at radius 1 is 1.24 bits per heavy atom. The second-order valence-electron chi connectivity index (χ2n) is 6.45. The normalized spacial score (nSPS) is 16.1. The molecule has 0 bridgehead atoms. The second-order valence-corrected chi connectivity index (χ2v) is 7.64. The molecule has 9 heteroatoms. The first-order valence-electron chi connectivity index (χ1n) is 8.81. The highest BCUT2D eigenvalue weighted by Gasteiger charge is 2.37. The van der Waals surface area contributed by atoms with Gasteiger partial charge in [-0.05, 0) is 31.2 Å². The van der Waals surface area contributed by atoms with Crippen LogP contribution >= 0.6 is 11.8 Å². The van der Waals surface area contributed by atoms with Crippen LogP contribution in [-0.2, 0) is 19.1 Å². The van der Waals surface area contributed by atoms with Gasteiger partial charge in [0.1, 0.15) is 5.03 Å². The fourth-order valence-electron chi connectivity index (χ4n) is 2.63. The number of anilines is 1. The molecule has 3 amide bonds. The molecule has 0 saturated carbocycles. The highest BCUT2D eigenvalue weighted by atomic mass is 32.2. The lowest BCUT2D eigenvalue weighted by molar-refractivity contribution is -0.136. The summed E-state index contributed by atoms with van der Waals surface area (Å²) in [6.07, 6.45) is 1.53. The number of nitrogens with zero attached hydrogens (tertiary/aromatic N) is 2. The van der Waals surface area contributed by atoms with Crippen molar-refractivity contribution in [2.45, 2.75) is 23.6 Å². The number of thioether (sulfide) groups is 1. The van der Waals surface area contributed by atoms with Crippen molar-refractivity contribution >= 4 is 41.1 Å². The van der Waals surface area contributed by atoms with Crippen LogP contribution in [0.4, 0.5) is 5.69 Å². The first-order valence-corrected chi connectivity index (χ1v) is 9.69. The lowest BCUT2D eigenvalue weighted by Crippen LogP contribution is -2.26. The Morgan fingerprint density at radius 3 is 2.62 bits per heavy atom. The summed E-state index contributed by atoms with van der Waals surface area (Å²) in [7, 11) is 1.42. The van der Waals surface area contributed by atoms with Crippen LogP contribution < -0.4 is 5.32 Å². The summed E-state index contributed by atoms with van der Waals surface area (Å²) in [5, 5.41) is 2.28. The lowest BCUT2D eigenvalue weighted by Gasteiger charge is -2.11. The number of nitrogens with one attached hydrogen (secondary N) is 1. The van der Waals surface area contributed by atoms with Gasteiger partial charge in [-0.1, -0.05) is 29.5 Å². The predicted octanol–water partition coefficient (Wildman–Crippen LogP) is 2.03. The van der Waals surface area contributed by atoms with E-state index in [9.17, 15) is 19.2 Å². The standard InChI is InChI=1S/C20H19N3O5S/c1-12-5-7-13(8-6-12)22-16(24)11-28-20(27)14-4-3-9-21-18(14)29-15-10-17(25)23(2)19(15)26/h3-9,15H,10-11H2,1-2H3,(H,22,24). The molecule has 3 rings (SSSR count). The molecule has 2 aromatic rings. The molecule has 8 nitrogen and oxygen atoms in total. The Kier molecular flexibility index (Phi) is 6.28. The fourth-order valence-corrected chi connectivity index (χ4v) is 3.79. The molecule has 1 aromatic heterocycles. The zero-order valence-corrected chi connectivity index (χ0v) is 16.7. The molecule has 150 valence electrons. The highest BCUT2D eigenvalue weighted by molar-refractivity contribution is 8.00. The number of hydrogen-bond acceptors (Lipinski definition) is 7. The largest absolute Gasteiger partial charge is 0.452 e. The topological polar surface area (TPSA) is 106 Å². The van der Waals surface area contributed by atoms with Gasteiger partial charge in [-0.15, -0.1) is 0 Å². The van der Waals surface area contributed by atoms with Gasteiger partial charge in [-0.25, -0.2) is 9.78 Å². The summed E-state index contributed by atoms with van der Waals surface area (Å²) < 4.78 is 5.09. The summed E-state index contributed by atoms with van der Waals surface area (Å²) in [6, 6.07) is 10.3.